The van der Waals surface area contributed by atoms with Crippen LogP contribution in [-0.4, -0.2) is 23.5 Å². The molecule has 0 aliphatic heterocycles. The van der Waals surface area contributed by atoms with Crippen LogP contribution >= 0.6 is 0 Å². The zero-order chi connectivity index (χ0) is 14.5. The number of amides is 1. The molecule has 18 heavy (non-hydrogen) atoms. The first-order chi connectivity index (χ1) is 8.03. The molecule has 0 heterocycles. The number of hydrogen-bond acceptors (Lipinski definition) is 3. The van der Waals surface area contributed by atoms with Crippen LogP contribution < -0.4 is 5.32 Å². The lowest BCUT2D eigenvalue weighted by Gasteiger charge is -2.23. The fourth-order valence-corrected chi connectivity index (χ4v) is 1.62. The zero-order valence-corrected chi connectivity index (χ0v) is 12.7. The lowest BCUT2D eigenvalue weighted by Crippen LogP contribution is -2.44. The van der Waals surface area contributed by atoms with Crippen molar-refractivity contribution in [1.82, 2.24) is 5.32 Å². The van der Waals surface area contributed by atoms with Crippen LogP contribution in [0.3, 0.4) is 0 Å². The summed E-state index contributed by atoms with van der Waals surface area (Å²) in [5, 5.41) is 2.69. The summed E-state index contributed by atoms with van der Waals surface area (Å²) in [5.74, 6) is -0.118. The Labute approximate surface area is 110 Å². The van der Waals surface area contributed by atoms with E-state index in [0.29, 0.717) is 5.92 Å². The Morgan fingerprint density at radius 2 is 1.61 bits per heavy atom. The average molecular weight is 257 g/mol. The maximum atomic E-state index is 11.8. The molecule has 2 atom stereocenters. The highest BCUT2D eigenvalue weighted by Crippen LogP contribution is 2.12. The summed E-state index contributed by atoms with van der Waals surface area (Å²) in [5.41, 5.74) is -0.528. The molecule has 0 rings (SSSR count). The summed E-state index contributed by atoms with van der Waals surface area (Å²) in [6.07, 6.45) is 0.812. The normalized spacial score (nSPS) is 15.1. The van der Waals surface area contributed by atoms with Gasteiger partial charge in [0.05, 0.1) is 0 Å². The minimum Gasteiger partial charge on any atom is -0.458 e. The highest BCUT2D eigenvalue weighted by Gasteiger charge is 2.24. The Hall–Kier alpha value is -1.06. The molecule has 1 unspecified atom stereocenters. The van der Waals surface area contributed by atoms with Gasteiger partial charge in [-0.3, -0.25) is 4.79 Å². The van der Waals surface area contributed by atoms with Crippen molar-refractivity contribution in [2.24, 2.45) is 11.8 Å². The van der Waals surface area contributed by atoms with Crippen molar-refractivity contribution in [3.8, 4) is 0 Å². The molecule has 0 aliphatic rings. The van der Waals surface area contributed by atoms with Crippen molar-refractivity contribution in [2.75, 3.05) is 0 Å². The molecule has 0 bridgehead atoms. The molecule has 1 N–H and O–H groups in total. The maximum absolute atomic E-state index is 11.8. The minimum absolute atomic E-state index is 0.0881. The molecular formula is C14H27NO3. The molecule has 0 aromatic carbocycles. The fraction of sp³-hybridized carbons (Fsp3) is 0.857. The van der Waals surface area contributed by atoms with Crippen molar-refractivity contribution in [3.05, 3.63) is 0 Å². The summed E-state index contributed by atoms with van der Waals surface area (Å²) in [6.45, 7) is 13.1. The third-order valence-corrected chi connectivity index (χ3v) is 2.39. The summed E-state index contributed by atoms with van der Waals surface area (Å²) in [7, 11) is 0. The second-order valence-corrected chi connectivity index (χ2v) is 6.29. The molecule has 0 saturated heterocycles. The van der Waals surface area contributed by atoms with Crippen molar-refractivity contribution in [2.45, 2.75) is 66.5 Å². The fourth-order valence-electron chi connectivity index (χ4n) is 1.62. The van der Waals surface area contributed by atoms with E-state index in [1.54, 1.807) is 27.7 Å². The van der Waals surface area contributed by atoms with Gasteiger partial charge in [0.15, 0.2) is 0 Å². The van der Waals surface area contributed by atoms with Gasteiger partial charge in [0, 0.05) is 5.92 Å². The average Bonchev–Trinajstić information content (AvgIpc) is 2.13. The van der Waals surface area contributed by atoms with E-state index in [1.807, 2.05) is 6.92 Å². The molecule has 4 nitrogen and oxygen atoms in total. The van der Waals surface area contributed by atoms with Crippen LogP contribution in [0.5, 0.6) is 0 Å². The van der Waals surface area contributed by atoms with Crippen molar-refractivity contribution < 1.29 is 14.3 Å². The van der Waals surface area contributed by atoms with Crippen molar-refractivity contribution in [1.29, 1.82) is 0 Å². The topological polar surface area (TPSA) is 55.4 Å². The predicted molar refractivity (Wildman–Crippen MR) is 72.1 cm³/mol. The van der Waals surface area contributed by atoms with Gasteiger partial charge in [-0.05, 0) is 40.0 Å². The van der Waals surface area contributed by atoms with Crippen LogP contribution in [-0.2, 0) is 14.3 Å². The maximum Gasteiger partial charge on any atom is 0.328 e. The molecule has 0 aromatic rings. The standard InChI is InChI=1S/C14H27NO3/c1-9(2)8-10(3)12(16)15-11(4)13(17)18-14(5,6)7/h9-11H,8H2,1-7H3,(H,15,16)/t10?,11-/m0/s1. The van der Waals surface area contributed by atoms with E-state index in [0.717, 1.165) is 6.42 Å². The molecular weight excluding hydrogens is 230 g/mol. The largest absolute Gasteiger partial charge is 0.458 e. The number of carbonyl (C=O) groups is 2. The SMILES string of the molecule is CC(C)CC(C)C(=O)N[C@@H](C)C(=O)OC(C)(C)C. The molecule has 0 radical (unpaired) electrons. The lowest BCUT2D eigenvalue weighted by molar-refractivity contribution is -0.158. The third-order valence-electron chi connectivity index (χ3n) is 2.39. The van der Waals surface area contributed by atoms with E-state index in [9.17, 15) is 9.59 Å². The van der Waals surface area contributed by atoms with Crippen LogP contribution in [0.1, 0.15) is 54.9 Å². The van der Waals surface area contributed by atoms with E-state index < -0.39 is 17.6 Å². The van der Waals surface area contributed by atoms with Crippen LogP contribution in [0, 0.1) is 11.8 Å². The van der Waals surface area contributed by atoms with Crippen molar-refractivity contribution >= 4 is 11.9 Å². The van der Waals surface area contributed by atoms with Gasteiger partial charge in [-0.2, -0.15) is 0 Å². The second-order valence-electron chi connectivity index (χ2n) is 6.29. The van der Waals surface area contributed by atoms with Crippen LogP contribution in [0.4, 0.5) is 0 Å². The summed E-state index contributed by atoms with van der Waals surface area (Å²) >= 11 is 0. The Morgan fingerprint density at radius 3 is 2.00 bits per heavy atom. The monoisotopic (exact) mass is 257 g/mol. The number of carbonyl (C=O) groups excluding carboxylic acids is 2. The van der Waals surface area contributed by atoms with Gasteiger partial charge in [-0.1, -0.05) is 20.8 Å². The van der Waals surface area contributed by atoms with Gasteiger partial charge in [0.1, 0.15) is 11.6 Å². The van der Waals surface area contributed by atoms with E-state index in [-0.39, 0.29) is 11.8 Å². The summed E-state index contributed by atoms with van der Waals surface area (Å²) in [6, 6.07) is -0.605. The first-order valence-electron chi connectivity index (χ1n) is 6.56. The number of nitrogens with one attached hydrogen (secondary N) is 1. The van der Waals surface area contributed by atoms with Crippen LogP contribution in [0.15, 0.2) is 0 Å². The Kier molecular flexibility index (Phi) is 6.36. The molecule has 106 valence electrons. The molecule has 0 fully saturated rings. The first-order valence-corrected chi connectivity index (χ1v) is 6.56. The minimum atomic E-state index is -0.605. The van der Waals surface area contributed by atoms with Gasteiger partial charge < -0.3 is 10.1 Å². The third kappa shape index (κ3) is 7.30. The number of esters is 1. The zero-order valence-electron chi connectivity index (χ0n) is 12.7. The van der Waals surface area contributed by atoms with Gasteiger partial charge in [0.2, 0.25) is 5.91 Å². The molecule has 4 heteroatoms. The number of rotatable bonds is 5. The quantitative estimate of drug-likeness (QED) is 0.770. The molecule has 0 saturated carbocycles. The van der Waals surface area contributed by atoms with Crippen LogP contribution in [0.2, 0.25) is 0 Å². The van der Waals surface area contributed by atoms with E-state index >= 15 is 0 Å². The number of hydrogen-bond donors (Lipinski definition) is 1. The van der Waals surface area contributed by atoms with Crippen LogP contribution in [0.25, 0.3) is 0 Å². The predicted octanol–water partition coefficient (Wildman–Crippen LogP) is 2.52. The highest BCUT2D eigenvalue weighted by molar-refractivity contribution is 5.85. The molecule has 0 spiro atoms. The van der Waals surface area contributed by atoms with Gasteiger partial charge in [-0.25, -0.2) is 4.79 Å². The van der Waals surface area contributed by atoms with E-state index in [4.69, 9.17) is 4.74 Å². The van der Waals surface area contributed by atoms with Gasteiger partial charge >= 0.3 is 5.97 Å². The van der Waals surface area contributed by atoms with Crippen molar-refractivity contribution in [3.63, 3.8) is 0 Å². The molecule has 0 aliphatic carbocycles. The molecule has 1 amide bonds. The number of ether oxygens (including phenoxy) is 1. The first kappa shape index (κ1) is 16.9. The summed E-state index contributed by atoms with van der Waals surface area (Å²) < 4.78 is 5.21. The Morgan fingerprint density at radius 1 is 1.11 bits per heavy atom. The lowest BCUT2D eigenvalue weighted by atomic mass is 9.98. The van der Waals surface area contributed by atoms with E-state index in [1.165, 1.54) is 0 Å². The van der Waals surface area contributed by atoms with Gasteiger partial charge in [-0.15, -0.1) is 0 Å². The van der Waals surface area contributed by atoms with Gasteiger partial charge in [0.25, 0.3) is 0 Å². The Bertz CT molecular complexity index is 292. The highest BCUT2D eigenvalue weighted by atomic mass is 16.6. The molecule has 0 aromatic heterocycles. The Balaban J connectivity index is 4.26. The second kappa shape index (κ2) is 6.76. The van der Waals surface area contributed by atoms with E-state index in [2.05, 4.69) is 19.2 Å². The smallest absolute Gasteiger partial charge is 0.328 e. The summed E-state index contributed by atoms with van der Waals surface area (Å²) in [4.78, 5) is 23.5.